The SMILES string of the molecule is Clc1cccc(COc2ccc(Br)cc2CNC2CCCC2)c1. The van der Waals surface area contributed by atoms with Gasteiger partial charge in [0.1, 0.15) is 12.4 Å². The fraction of sp³-hybridized carbons (Fsp3) is 0.368. The number of benzene rings is 2. The Labute approximate surface area is 151 Å². The Morgan fingerprint density at radius 3 is 2.74 bits per heavy atom. The molecular formula is C19H21BrClNO. The molecule has 3 rings (SSSR count). The zero-order valence-corrected chi connectivity index (χ0v) is 15.4. The smallest absolute Gasteiger partial charge is 0.124 e. The minimum Gasteiger partial charge on any atom is -0.489 e. The molecular weight excluding hydrogens is 374 g/mol. The number of nitrogens with one attached hydrogen (secondary N) is 1. The summed E-state index contributed by atoms with van der Waals surface area (Å²) in [6, 6.07) is 14.6. The average Bonchev–Trinajstić information content (AvgIpc) is 3.05. The fourth-order valence-corrected chi connectivity index (χ4v) is 3.62. The molecule has 0 radical (unpaired) electrons. The highest BCUT2D eigenvalue weighted by atomic mass is 79.9. The van der Waals surface area contributed by atoms with Crippen LogP contribution in [-0.4, -0.2) is 6.04 Å². The summed E-state index contributed by atoms with van der Waals surface area (Å²) in [5, 5.41) is 4.39. The first-order valence-electron chi connectivity index (χ1n) is 8.10. The standard InChI is InChI=1S/C19H21BrClNO/c20-16-8-9-19(23-13-14-4-3-5-17(21)10-14)15(11-16)12-22-18-6-1-2-7-18/h3-5,8-11,18,22H,1-2,6-7,12-13H2. The predicted octanol–water partition coefficient (Wildman–Crippen LogP) is 5.71. The van der Waals surface area contributed by atoms with E-state index in [0.717, 1.165) is 27.4 Å². The molecule has 2 nitrogen and oxygen atoms in total. The average molecular weight is 395 g/mol. The van der Waals surface area contributed by atoms with Gasteiger partial charge in [-0.2, -0.15) is 0 Å². The molecule has 1 fully saturated rings. The number of ether oxygens (including phenoxy) is 1. The van der Waals surface area contributed by atoms with Crippen LogP contribution in [0, 0.1) is 0 Å². The van der Waals surface area contributed by atoms with Gasteiger partial charge in [-0.05, 0) is 48.7 Å². The van der Waals surface area contributed by atoms with Crippen LogP contribution < -0.4 is 10.1 Å². The lowest BCUT2D eigenvalue weighted by Crippen LogP contribution is -2.25. The fourth-order valence-electron chi connectivity index (χ4n) is 3.00. The van der Waals surface area contributed by atoms with Gasteiger partial charge in [-0.3, -0.25) is 0 Å². The zero-order chi connectivity index (χ0) is 16.1. The second-order valence-corrected chi connectivity index (χ2v) is 7.39. The highest BCUT2D eigenvalue weighted by Gasteiger charge is 2.15. The second kappa shape index (κ2) is 8.18. The molecule has 0 unspecified atom stereocenters. The van der Waals surface area contributed by atoms with E-state index in [9.17, 15) is 0 Å². The first kappa shape index (κ1) is 16.8. The van der Waals surface area contributed by atoms with Crippen molar-refractivity contribution < 1.29 is 4.74 Å². The van der Waals surface area contributed by atoms with Gasteiger partial charge < -0.3 is 10.1 Å². The molecule has 1 aliphatic rings. The molecule has 0 saturated heterocycles. The van der Waals surface area contributed by atoms with Crippen LogP contribution in [0.2, 0.25) is 5.02 Å². The summed E-state index contributed by atoms with van der Waals surface area (Å²) in [5.74, 6) is 0.929. The number of hydrogen-bond donors (Lipinski definition) is 1. The van der Waals surface area contributed by atoms with Gasteiger partial charge >= 0.3 is 0 Å². The van der Waals surface area contributed by atoms with E-state index in [4.69, 9.17) is 16.3 Å². The molecule has 0 amide bonds. The monoisotopic (exact) mass is 393 g/mol. The van der Waals surface area contributed by atoms with Crippen LogP contribution in [0.1, 0.15) is 36.8 Å². The Morgan fingerprint density at radius 1 is 1.13 bits per heavy atom. The Kier molecular flexibility index (Phi) is 5.98. The molecule has 1 aliphatic carbocycles. The van der Waals surface area contributed by atoms with Gasteiger partial charge in [0.2, 0.25) is 0 Å². The molecule has 0 atom stereocenters. The van der Waals surface area contributed by atoms with E-state index in [2.05, 4.69) is 27.3 Å². The van der Waals surface area contributed by atoms with Gasteiger partial charge in [-0.1, -0.05) is 52.5 Å². The van der Waals surface area contributed by atoms with Crippen molar-refractivity contribution in [2.24, 2.45) is 0 Å². The van der Waals surface area contributed by atoms with Crippen molar-refractivity contribution in [3.05, 3.63) is 63.1 Å². The maximum Gasteiger partial charge on any atom is 0.124 e. The summed E-state index contributed by atoms with van der Waals surface area (Å²) in [6.07, 6.45) is 5.25. The maximum atomic E-state index is 6.03. The molecule has 4 heteroatoms. The van der Waals surface area contributed by atoms with Crippen LogP contribution in [-0.2, 0) is 13.2 Å². The van der Waals surface area contributed by atoms with E-state index in [1.54, 1.807) is 0 Å². The van der Waals surface area contributed by atoms with E-state index in [-0.39, 0.29) is 0 Å². The minimum absolute atomic E-state index is 0.526. The predicted molar refractivity (Wildman–Crippen MR) is 99.0 cm³/mol. The lowest BCUT2D eigenvalue weighted by Gasteiger charge is -2.16. The van der Waals surface area contributed by atoms with Crippen molar-refractivity contribution in [3.63, 3.8) is 0 Å². The van der Waals surface area contributed by atoms with Gasteiger partial charge in [0.05, 0.1) is 0 Å². The molecule has 0 aliphatic heterocycles. The largest absolute Gasteiger partial charge is 0.489 e. The van der Waals surface area contributed by atoms with Crippen LogP contribution in [0.5, 0.6) is 5.75 Å². The molecule has 0 bridgehead atoms. The molecule has 2 aromatic rings. The van der Waals surface area contributed by atoms with Crippen molar-refractivity contribution >= 4 is 27.5 Å². The number of hydrogen-bond acceptors (Lipinski definition) is 2. The Bertz CT molecular complexity index is 656. The molecule has 2 aromatic carbocycles. The van der Waals surface area contributed by atoms with E-state index in [1.807, 2.05) is 36.4 Å². The molecule has 0 heterocycles. The quantitative estimate of drug-likeness (QED) is 0.677. The van der Waals surface area contributed by atoms with E-state index in [0.29, 0.717) is 12.6 Å². The minimum atomic E-state index is 0.526. The van der Waals surface area contributed by atoms with Gasteiger partial charge in [0.25, 0.3) is 0 Å². The Hall–Kier alpha value is -1.03. The first-order valence-corrected chi connectivity index (χ1v) is 9.27. The number of halogens is 2. The van der Waals surface area contributed by atoms with Crippen molar-refractivity contribution in [2.75, 3.05) is 0 Å². The highest BCUT2D eigenvalue weighted by Crippen LogP contribution is 2.26. The third-order valence-corrected chi connectivity index (χ3v) is 4.97. The van der Waals surface area contributed by atoms with Crippen molar-refractivity contribution in [2.45, 2.75) is 44.9 Å². The Balaban J connectivity index is 1.65. The number of rotatable bonds is 6. The lowest BCUT2D eigenvalue weighted by molar-refractivity contribution is 0.301. The zero-order valence-electron chi connectivity index (χ0n) is 13.0. The summed E-state index contributed by atoms with van der Waals surface area (Å²) in [6.45, 7) is 1.37. The molecule has 122 valence electrons. The van der Waals surface area contributed by atoms with E-state index in [1.165, 1.54) is 31.2 Å². The summed E-state index contributed by atoms with van der Waals surface area (Å²) in [4.78, 5) is 0. The summed E-state index contributed by atoms with van der Waals surface area (Å²) in [7, 11) is 0. The maximum absolute atomic E-state index is 6.03. The summed E-state index contributed by atoms with van der Waals surface area (Å²) < 4.78 is 7.11. The van der Waals surface area contributed by atoms with Crippen molar-refractivity contribution in [3.8, 4) is 5.75 Å². The molecule has 1 N–H and O–H groups in total. The van der Waals surface area contributed by atoms with Crippen LogP contribution in [0.25, 0.3) is 0 Å². The Morgan fingerprint density at radius 2 is 1.96 bits per heavy atom. The van der Waals surface area contributed by atoms with E-state index >= 15 is 0 Å². The van der Waals surface area contributed by atoms with Gasteiger partial charge in [-0.15, -0.1) is 0 Å². The molecule has 0 spiro atoms. The third kappa shape index (κ3) is 4.97. The second-order valence-electron chi connectivity index (χ2n) is 6.03. The summed E-state index contributed by atoms with van der Waals surface area (Å²) >= 11 is 9.58. The van der Waals surface area contributed by atoms with Gasteiger partial charge in [0.15, 0.2) is 0 Å². The van der Waals surface area contributed by atoms with E-state index < -0.39 is 0 Å². The van der Waals surface area contributed by atoms with Crippen LogP contribution >= 0.6 is 27.5 Å². The molecule has 1 saturated carbocycles. The highest BCUT2D eigenvalue weighted by molar-refractivity contribution is 9.10. The third-order valence-electron chi connectivity index (χ3n) is 4.24. The molecule has 0 aromatic heterocycles. The van der Waals surface area contributed by atoms with Crippen molar-refractivity contribution in [1.82, 2.24) is 5.32 Å². The van der Waals surface area contributed by atoms with Gasteiger partial charge in [0, 0.05) is 27.6 Å². The molecule has 23 heavy (non-hydrogen) atoms. The lowest BCUT2D eigenvalue weighted by atomic mass is 10.1. The van der Waals surface area contributed by atoms with Crippen molar-refractivity contribution in [1.29, 1.82) is 0 Å². The van der Waals surface area contributed by atoms with Crippen LogP contribution in [0.4, 0.5) is 0 Å². The van der Waals surface area contributed by atoms with Crippen LogP contribution in [0.3, 0.4) is 0 Å². The van der Waals surface area contributed by atoms with Crippen LogP contribution in [0.15, 0.2) is 46.9 Å². The normalized spacial score (nSPS) is 15.0. The first-order chi connectivity index (χ1) is 11.2. The van der Waals surface area contributed by atoms with Gasteiger partial charge in [-0.25, -0.2) is 0 Å². The summed E-state index contributed by atoms with van der Waals surface area (Å²) in [5.41, 5.74) is 2.27. The topological polar surface area (TPSA) is 21.3 Å².